The first-order valence-corrected chi connectivity index (χ1v) is 10.1. The Kier molecular flexibility index (Phi) is 5.86. The summed E-state index contributed by atoms with van der Waals surface area (Å²) in [5, 5.41) is 0. The molecular weight excluding hydrogens is 374 g/mol. The molecule has 0 saturated carbocycles. The number of nitrogens with zero attached hydrogens (tertiary/aromatic N) is 2. The van der Waals surface area contributed by atoms with E-state index >= 15 is 0 Å². The Balaban J connectivity index is 1.91. The number of likely N-dealkylation sites (tertiary alicyclic amines) is 1. The highest BCUT2D eigenvalue weighted by molar-refractivity contribution is 7.89. The van der Waals surface area contributed by atoms with Crippen molar-refractivity contribution in [2.75, 3.05) is 19.6 Å². The van der Waals surface area contributed by atoms with E-state index in [9.17, 15) is 22.0 Å². The molecule has 5 nitrogen and oxygen atoms in total. The van der Waals surface area contributed by atoms with Crippen LogP contribution in [0.15, 0.2) is 53.4 Å². The van der Waals surface area contributed by atoms with Crippen molar-refractivity contribution in [3.8, 4) is 0 Å². The second kappa shape index (κ2) is 8.14. The van der Waals surface area contributed by atoms with Crippen LogP contribution in [-0.2, 0) is 21.4 Å². The molecule has 1 heterocycles. The molecule has 144 valence electrons. The smallest absolute Gasteiger partial charge is 0.246 e. The molecule has 0 aromatic heterocycles. The molecule has 0 radical (unpaired) electrons. The minimum Gasteiger partial charge on any atom is -0.342 e. The minimum absolute atomic E-state index is 0.156. The van der Waals surface area contributed by atoms with Gasteiger partial charge in [0.05, 0.1) is 6.54 Å². The number of carbonyl (C=O) groups excluding carboxylic acids is 1. The highest BCUT2D eigenvalue weighted by Gasteiger charge is 2.31. The molecule has 0 unspecified atom stereocenters. The maximum atomic E-state index is 14.1. The molecular formula is C19H20F2N2O3S. The zero-order valence-electron chi connectivity index (χ0n) is 14.6. The summed E-state index contributed by atoms with van der Waals surface area (Å²) in [4.78, 5) is 13.6. The molecule has 0 spiro atoms. The summed E-state index contributed by atoms with van der Waals surface area (Å²) in [6.07, 6.45) is 1.76. The third kappa shape index (κ3) is 4.51. The third-order valence-corrected chi connectivity index (χ3v) is 6.32. The lowest BCUT2D eigenvalue weighted by atomic mass is 10.2. The fourth-order valence-electron chi connectivity index (χ4n) is 3.03. The standard InChI is InChI=1S/C19H20F2N2O3S/c20-16-9-7-15(8-10-16)13-23(14-19(24)22-11-3-4-12-22)27(25,26)18-6-2-1-5-17(18)21/h1-2,5-10H,3-4,11-14H2. The lowest BCUT2D eigenvalue weighted by Crippen LogP contribution is -2.41. The van der Waals surface area contributed by atoms with Gasteiger partial charge in [-0.2, -0.15) is 4.31 Å². The minimum atomic E-state index is -4.25. The van der Waals surface area contributed by atoms with Crippen molar-refractivity contribution in [1.82, 2.24) is 9.21 Å². The zero-order chi connectivity index (χ0) is 19.4. The van der Waals surface area contributed by atoms with E-state index in [-0.39, 0.29) is 12.5 Å². The number of rotatable bonds is 6. The molecule has 2 aromatic carbocycles. The van der Waals surface area contributed by atoms with Gasteiger partial charge in [-0.25, -0.2) is 17.2 Å². The largest absolute Gasteiger partial charge is 0.342 e. The van der Waals surface area contributed by atoms with Crippen molar-refractivity contribution in [3.05, 3.63) is 65.7 Å². The Hall–Kier alpha value is -2.32. The van der Waals surface area contributed by atoms with Crippen LogP contribution >= 0.6 is 0 Å². The first-order chi connectivity index (χ1) is 12.9. The Morgan fingerprint density at radius 1 is 1.00 bits per heavy atom. The average molecular weight is 394 g/mol. The van der Waals surface area contributed by atoms with Gasteiger partial charge in [0.2, 0.25) is 15.9 Å². The molecule has 1 amide bonds. The predicted octanol–water partition coefficient (Wildman–Crippen LogP) is 2.78. The number of carbonyl (C=O) groups is 1. The van der Waals surface area contributed by atoms with E-state index in [1.165, 1.54) is 42.5 Å². The predicted molar refractivity (Wildman–Crippen MR) is 96.2 cm³/mol. The van der Waals surface area contributed by atoms with Crippen molar-refractivity contribution in [2.24, 2.45) is 0 Å². The highest BCUT2D eigenvalue weighted by atomic mass is 32.2. The van der Waals surface area contributed by atoms with Crippen molar-refractivity contribution in [2.45, 2.75) is 24.3 Å². The third-order valence-electron chi connectivity index (χ3n) is 4.50. The van der Waals surface area contributed by atoms with Gasteiger partial charge in [0.25, 0.3) is 0 Å². The summed E-state index contributed by atoms with van der Waals surface area (Å²) >= 11 is 0. The molecule has 2 aromatic rings. The van der Waals surface area contributed by atoms with Crippen LogP contribution in [0.3, 0.4) is 0 Å². The van der Waals surface area contributed by atoms with Gasteiger partial charge in [-0.15, -0.1) is 0 Å². The molecule has 0 N–H and O–H groups in total. The van der Waals surface area contributed by atoms with E-state index in [0.29, 0.717) is 18.7 Å². The Morgan fingerprint density at radius 2 is 1.63 bits per heavy atom. The number of amides is 1. The fraction of sp³-hybridized carbons (Fsp3) is 0.316. The van der Waals surface area contributed by atoms with Gasteiger partial charge in [0.1, 0.15) is 16.5 Å². The Bertz CT molecular complexity index is 911. The van der Waals surface area contributed by atoms with Gasteiger partial charge in [-0.1, -0.05) is 24.3 Å². The maximum Gasteiger partial charge on any atom is 0.246 e. The van der Waals surface area contributed by atoms with Crippen LogP contribution in [0, 0.1) is 11.6 Å². The van der Waals surface area contributed by atoms with E-state index in [4.69, 9.17) is 0 Å². The highest BCUT2D eigenvalue weighted by Crippen LogP contribution is 2.22. The molecule has 0 aliphatic carbocycles. The molecule has 1 fully saturated rings. The number of halogens is 2. The fourth-order valence-corrected chi connectivity index (χ4v) is 4.47. The van der Waals surface area contributed by atoms with Crippen LogP contribution in [-0.4, -0.2) is 43.2 Å². The van der Waals surface area contributed by atoms with E-state index in [0.717, 1.165) is 23.2 Å². The van der Waals surface area contributed by atoms with Crippen LogP contribution in [0.5, 0.6) is 0 Å². The van der Waals surface area contributed by atoms with Crippen LogP contribution in [0.4, 0.5) is 8.78 Å². The van der Waals surface area contributed by atoms with Crippen LogP contribution in [0.2, 0.25) is 0 Å². The average Bonchev–Trinajstić information content (AvgIpc) is 3.18. The summed E-state index contributed by atoms with van der Waals surface area (Å²) in [7, 11) is -4.25. The topological polar surface area (TPSA) is 57.7 Å². The monoisotopic (exact) mass is 394 g/mol. The normalized spacial score (nSPS) is 14.7. The van der Waals surface area contributed by atoms with Crippen molar-refractivity contribution >= 4 is 15.9 Å². The second-order valence-electron chi connectivity index (χ2n) is 6.42. The summed E-state index contributed by atoms with van der Waals surface area (Å²) in [6.45, 7) is 0.622. The summed E-state index contributed by atoms with van der Waals surface area (Å²) in [6, 6.07) is 10.4. The van der Waals surface area contributed by atoms with Gasteiger partial charge in [0.15, 0.2) is 0 Å². The summed E-state index contributed by atoms with van der Waals surface area (Å²) in [5.74, 6) is -1.65. The van der Waals surface area contributed by atoms with Gasteiger partial charge >= 0.3 is 0 Å². The van der Waals surface area contributed by atoms with Crippen LogP contribution < -0.4 is 0 Å². The summed E-state index contributed by atoms with van der Waals surface area (Å²) in [5.41, 5.74) is 0.505. The van der Waals surface area contributed by atoms with Gasteiger partial charge < -0.3 is 4.90 Å². The van der Waals surface area contributed by atoms with Gasteiger partial charge in [-0.3, -0.25) is 4.79 Å². The van der Waals surface area contributed by atoms with Crippen molar-refractivity contribution in [1.29, 1.82) is 0 Å². The number of hydrogen-bond acceptors (Lipinski definition) is 3. The molecule has 0 atom stereocenters. The molecule has 1 saturated heterocycles. The number of benzene rings is 2. The van der Waals surface area contributed by atoms with E-state index in [1.807, 2.05) is 0 Å². The van der Waals surface area contributed by atoms with E-state index in [1.54, 1.807) is 4.90 Å². The molecule has 8 heteroatoms. The molecule has 3 rings (SSSR count). The van der Waals surface area contributed by atoms with Crippen molar-refractivity contribution in [3.63, 3.8) is 0 Å². The quantitative estimate of drug-likeness (QED) is 0.757. The zero-order valence-corrected chi connectivity index (χ0v) is 15.5. The number of hydrogen-bond donors (Lipinski definition) is 0. The first-order valence-electron chi connectivity index (χ1n) is 8.65. The first kappa shape index (κ1) is 19.4. The lowest BCUT2D eigenvalue weighted by Gasteiger charge is -2.25. The maximum absolute atomic E-state index is 14.1. The summed E-state index contributed by atoms with van der Waals surface area (Å²) < 4.78 is 54.2. The van der Waals surface area contributed by atoms with Gasteiger partial charge in [0, 0.05) is 19.6 Å². The van der Waals surface area contributed by atoms with E-state index < -0.39 is 33.1 Å². The second-order valence-corrected chi connectivity index (χ2v) is 8.32. The molecule has 1 aliphatic heterocycles. The SMILES string of the molecule is O=C(CN(Cc1ccc(F)cc1)S(=O)(=O)c1ccccc1F)N1CCCC1. The molecule has 0 bridgehead atoms. The van der Waals surface area contributed by atoms with Crippen LogP contribution in [0.1, 0.15) is 18.4 Å². The van der Waals surface area contributed by atoms with Crippen LogP contribution in [0.25, 0.3) is 0 Å². The molecule has 1 aliphatic rings. The van der Waals surface area contributed by atoms with E-state index in [2.05, 4.69) is 0 Å². The Labute approximate surface area is 157 Å². The lowest BCUT2D eigenvalue weighted by molar-refractivity contribution is -0.130. The number of sulfonamides is 1. The Morgan fingerprint density at radius 3 is 2.26 bits per heavy atom. The molecule has 27 heavy (non-hydrogen) atoms. The van der Waals surface area contributed by atoms with Crippen molar-refractivity contribution < 1.29 is 22.0 Å². The van der Waals surface area contributed by atoms with Gasteiger partial charge in [-0.05, 0) is 42.7 Å².